The smallest absolute Gasteiger partial charge is 0.259 e. The molecule has 2 aromatic rings. The van der Waals surface area contributed by atoms with Gasteiger partial charge in [0.05, 0.1) is 29.6 Å². The highest BCUT2D eigenvalue weighted by Gasteiger charge is 2.16. The number of ether oxygens (including phenoxy) is 1. The quantitative estimate of drug-likeness (QED) is 0.585. The van der Waals surface area contributed by atoms with Crippen LogP contribution in [0.4, 0.5) is 0 Å². The highest BCUT2D eigenvalue weighted by Crippen LogP contribution is 2.26. The van der Waals surface area contributed by atoms with Crippen molar-refractivity contribution in [1.82, 2.24) is 20.2 Å². The molecule has 1 saturated heterocycles. The summed E-state index contributed by atoms with van der Waals surface area (Å²) >= 11 is 3.03. The Morgan fingerprint density at radius 2 is 2.10 bits per heavy atom. The molecule has 0 bridgehead atoms. The molecule has 0 aliphatic carbocycles. The summed E-state index contributed by atoms with van der Waals surface area (Å²) in [5.74, 6) is 1.17. The number of morpholine rings is 1. The van der Waals surface area contributed by atoms with E-state index in [0.29, 0.717) is 23.5 Å². The van der Waals surface area contributed by atoms with Crippen LogP contribution >= 0.6 is 23.1 Å². The molecule has 2 aromatic heterocycles. The second kappa shape index (κ2) is 10.6. The van der Waals surface area contributed by atoms with E-state index in [1.165, 1.54) is 11.8 Å². The molecule has 9 heteroatoms. The van der Waals surface area contributed by atoms with Gasteiger partial charge < -0.3 is 15.0 Å². The predicted octanol–water partition coefficient (Wildman–Crippen LogP) is 2.45. The lowest BCUT2D eigenvalue weighted by Crippen LogP contribution is -2.37. The first kappa shape index (κ1) is 22.3. The monoisotopic (exact) mass is 438 g/mol. The number of thiophene rings is 1. The molecule has 7 nitrogen and oxygen atoms in total. The summed E-state index contributed by atoms with van der Waals surface area (Å²) in [5.41, 5.74) is 0.907. The number of carbonyl (C=O) groups is 1. The van der Waals surface area contributed by atoms with E-state index < -0.39 is 0 Å². The Hall–Kier alpha value is -1.42. The highest BCUT2D eigenvalue weighted by atomic mass is 32.2. The van der Waals surface area contributed by atoms with Crippen molar-refractivity contribution in [2.75, 3.05) is 39.4 Å². The largest absolute Gasteiger partial charge is 0.379 e. The number of H-pyrrole nitrogens is 1. The number of nitrogens with zero attached hydrogens (tertiary/aromatic N) is 2. The maximum atomic E-state index is 12.3. The summed E-state index contributed by atoms with van der Waals surface area (Å²) in [6.07, 6.45) is 2.05. The normalized spacial score (nSPS) is 16.2. The van der Waals surface area contributed by atoms with Gasteiger partial charge in [0.1, 0.15) is 10.7 Å². The number of amides is 1. The maximum absolute atomic E-state index is 12.3. The Bertz CT molecular complexity index is 890. The van der Waals surface area contributed by atoms with Crippen LogP contribution in [0.3, 0.4) is 0 Å². The minimum atomic E-state index is -0.193. The fourth-order valence-corrected chi connectivity index (χ4v) is 5.12. The minimum absolute atomic E-state index is 0.0348. The summed E-state index contributed by atoms with van der Waals surface area (Å²) in [6.45, 7) is 11.3. The van der Waals surface area contributed by atoms with Crippen molar-refractivity contribution in [2.24, 2.45) is 0 Å². The van der Waals surface area contributed by atoms with Crippen LogP contribution in [-0.2, 0) is 15.3 Å². The third-order valence-corrected chi connectivity index (χ3v) is 7.49. The summed E-state index contributed by atoms with van der Waals surface area (Å²) in [6, 6.07) is 0. The molecule has 3 rings (SSSR count). The lowest BCUT2D eigenvalue weighted by molar-refractivity contribution is -0.120. The third-order valence-electron chi connectivity index (χ3n) is 5.23. The molecule has 1 amide bonds. The lowest BCUT2D eigenvalue weighted by Gasteiger charge is -2.26. The zero-order valence-corrected chi connectivity index (χ0v) is 19.0. The molecular formula is C20H30N4O3S2. The number of aromatic nitrogens is 2. The predicted molar refractivity (Wildman–Crippen MR) is 120 cm³/mol. The van der Waals surface area contributed by atoms with Crippen LogP contribution in [-0.4, -0.2) is 65.4 Å². The van der Waals surface area contributed by atoms with E-state index in [1.807, 2.05) is 20.8 Å². The van der Waals surface area contributed by atoms with Crippen molar-refractivity contribution in [3.63, 3.8) is 0 Å². The zero-order chi connectivity index (χ0) is 20.8. The number of aryl methyl sites for hydroxylation is 2. The van der Waals surface area contributed by atoms with Gasteiger partial charge in [-0.05, 0) is 45.7 Å². The first-order chi connectivity index (χ1) is 14.0. The van der Waals surface area contributed by atoms with Gasteiger partial charge in [0.2, 0.25) is 5.91 Å². The topological polar surface area (TPSA) is 87.3 Å². The van der Waals surface area contributed by atoms with Gasteiger partial charge in [-0.2, -0.15) is 0 Å². The molecule has 0 saturated carbocycles. The molecule has 0 spiro atoms. The van der Waals surface area contributed by atoms with Crippen molar-refractivity contribution in [3.8, 4) is 0 Å². The first-order valence-corrected chi connectivity index (χ1v) is 12.0. The van der Waals surface area contributed by atoms with Crippen molar-refractivity contribution in [1.29, 1.82) is 0 Å². The van der Waals surface area contributed by atoms with E-state index in [-0.39, 0.29) is 16.7 Å². The fourth-order valence-electron chi connectivity index (χ4n) is 3.29. The Morgan fingerprint density at radius 1 is 1.34 bits per heavy atom. The summed E-state index contributed by atoms with van der Waals surface area (Å²) < 4.78 is 5.35. The fraction of sp³-hybridized carbons (Fsp3) is 0.650. The van der Waals surface area contributed by atoms with E-state index in [4.69, 9.17) is 4.74 Å². The van der Waals surface area contributed by atoms with Crippen LogP contribution in [0.15, 0.2) is 4.79 Å². The first-order valence-electron chi connectivity index (χ1n) is 10.1. The molecular weight excluding hydrogens is 408 g/mol. The molecule has 1 unspecified atom stereocenters. The highest BCUT2D eigenvalue weighted by molar-refractivity contribution is 7.99. The summed E-state index contributed by atoms with van der Waals surface area (Å²) in [5, 5.41) is 3.51. The molecule has 1 aliphatic heterocycles. The molecule has 29 heavy (non-hydrogen) atoms. The van der Waals surface area contributed by atoms with Gasteiger partial charge in [-0.25, -0.2) is 4.98 Å². The van der Waals surface area contributed by atoms with Gasteiger partial charge in [0.25, 0.3) is 5.56 Å². The van der Waals surface area contributed by atoms with E-state index in [0.717, 1.165) is 61.0 Å². The molecule has 2 N–H and O–H groups in total. The number of nitrogens with one attached hydrogen (secondary N) is 2. The SMILES string of the molecule is Cc1sc2nc(CSC(C)C(=O)NCCCCN3CCOCC3)[nH]c(=O)c2c1C. The molecule has 1 atom stereocenters. The molecule has 3 heterocycles. The maximum Gasteiger partial charge on any atom is 0.259 e. The zero-order valence-electron chi connectivity index (χ0n) is 17.4. The summed E-state index contributed by atoms with van der Waals surface area (Å²) in [4.78, 5) is 36.4. The molecule has 0 aromatic carbocycles. The van der Waals surface area contributed by atoms with Gasteiger partial charge in [-0.15, -0.1) is 23.1 Å². The van der Waals surface area contributed by atoms with E-state index in [9.17, 15) is 9.59 Å². The van der Waals surface area contributed by atoms with Gasteiger partial charge in [-0.3, -0.25) is 14.5 Å². The Balaban J connectivity index is 1.39. The number of aromatic amines is 1. The molecule has 0 radical (unpaired) electrons. The van der Waals surface area contributed by atoms with E-state index in [2.05, 4.69) is 20.2 Å². The van der Waals surface area contributed by atoms with Gasteiger partial charge in [0, 0.05) is 24.5 Å². The summed E-state index contributed by atoms with van der Waals surface area (Å²) in [7, 11) is 0. The third kappa shape index (κ3) is 6.04. The minimum Gasteiger partial charge on any atom is -0.379 e. The number of unbranched alkanes of at least 4 members (excludes halogenated alkanes) is 1. The molecule has 1 fully saturated rings. The lowest BCUT2D eigenvalue weighted by atomic mass is 10.2. The Morgan fingerprint density at radius 3 is 2.86 bits per heavy atom. The average Bonchev–Trinajstić information content (AvgIpc) is 3.00. The number of fused-ring (bicyclic) bond motifs is 1. The van der Waals surface area contributed by atoms with Crippen LogP contribution in [0.25, 0.3) is 10.2 Å². The van der Waals surface area contributed by atoms with Gasteiger partial charge in [-0.1, -0.05) is 0 Å². The van der Waals surface area contributed by atoms with Crippen LogP contribution in [0, 0.1) is 13.8 Å². The number of carbonyl (C=O) groups excluding carboxylic acids is 1. The second-order valence-corrected chi connectivity index (χ2v) is 9.91. The van der Waals surface area contributed by atoms with Gasteiger partial charge >= 0.3 is 0 Å². The van der Waals surface area contributed by atoms with Crippen molar-refractivity contribution >= 4 is 39.2 Å². The Kier molecular flexibility index (Phi) is 8.11. The van der Waals surface area contributed by atoms with E-state index >= 15 is 0 Å². The number of hydrogen-bond acceptors (Lipinski definition) is 7. The van der Waals surface area contributed by atoms with Crippen LogP contribution in [0.2, 0.25) is 0 Å². The van der Waals surface area contributed by atoms with Crippen LogP contribution < -0.4 is 10.9 Å². The van der Waals surface area contributed by atoms with Gasteiger partial charge in [0.15, 0.2) is 0 Å². The van der Waals surface area contributed by atoms with Crippen LogP contribution in [0.5, 0.6) is 0 Å². The molecule has 1 aliphatic rings. The average molecular weight is 439 g/mol. The number of thioether (sulfide) groups is 1. The molecule has 160 valence electrons. The standard InChI is InChI=1S/C20H30N4O3S2/c1-13-14(2)29-20-17(13)19(26)22-16(23-20)12-28-15(3)18(25)21-6-4-5-7-24-8-10-27-11-9-24/h15H,4-12H2,1-3H3,(H,21,25)(H,22,23,26). The number of hydrogen-bond donors (Lipinski definition) is 2. The number of rotatable bonds is 9. The van der Waals surface area contributed by atoms with E-state index in [1.54, 1.807) is 11.3 Å². The second-order valence-electron chi connectivity index (χ2n) is 7.38. The van der Waals surface area contributed by atoms with Crippen molar-refractivity contribution in [2.45, 2.75) is 44.6 Å². The van der Waals surface area contributed by atoms with Crippen molar-refractivity contribution in [3.05, 3.63) is 26.6 Å². The van der Waals surface area contributed by atoms with Crippen LogP contribution in [0.1, 0.15) is 36.0 Å². The van der Waals surface area contributed by atoms with Crippen molar-refractivity contribution < 1.29 is 9.53 Å². The Labute approximate surface area is 179 Å².